The van der Waals surface area contributed by atoms with E-state index in [9.17, 15) is 9.90 Å². The van der Waals surface area contributed by atoms with E-state index in [-0.39, 0.29) is 0 Å². The summed E-state index contributed by atoms with van der Waals surface area (Å²) < 4.78 is 11.0. The van der Waals surface area contributed by atoms with E-state index in [1.54, 1.807) is 32.0 Å². The molecule has 1 unspecified atom stereocenters. The average Bonchev–Trinajstić information content (AvgIpc) is 2.26. The van der Waals surface area contributed by atoms with Gasteiger partial charge in [0.25, 0.3) is 0 Å². The fourth-order valence-electron chi connectivity index (χ4n) is 1.67. The van der Waals surface area contributed by atoms with Crippen molar-refractivity contribution in [3.63, 3.8) is 0 Å². The van der Waals surface area contributed by atoms with Crippen LogP contribution in [0.2, 0.25) is 0 Å². The first-order valence-electron chi connectivity index (χ1n) is 5.26. The standard InChI is InChI=1S/C12H14O5/c1-12(2)16-6-8-5-7(10(13)11(14)15)3-4-9(8)17-12/h3-5,10,13H,6H2,1-2H3,(H,14,15). The second-order valence-corrected chi connectivity index (χ2v) is 4.40. The second kappa shape index (κ2) is 4.01. The molecular weight excluding hydrogens is 224 g/mol. The van der Waals surface area contributed by atoms with Gasteiger partial charge in [-0.25, -0.2) is 4.79 Å². The minimum atomic E-state index is -1.52. The van der Waals surface area contributed by atoms with Gasteiger partial charge in [0.2, 0.25) is 5.79 Å². The van der Waals surface area contributed by atoms with Crippen LogP contribution in [-0.2, 0) is 16.1 Å². The minimum Gasteiger partial charge on any atom is -0.479 e. The number of hydrogen-bond donors (Lipinski definition) is 2. The Morgan fingerprint density at radius 3 is 2.82 bits per heavy atom. The maximum absolute atomic E-state index is 10.7. The number of aliphatic carboxylic acids is 1. The van der Waals surface area contributed by atoms with Gasteiger partial charge in [0.1, 0.15) is 5.75 Å². The normalized spacial score (nSPS) is 19.0. The lowest BCUT2D eigenvalue weighted by Gasteiger charge is -2.32. The number of carbonyl (C=O) groups is 1. The van der Waals surface area contributed by atoms with E-state index in [1.807, 2.05) is 0 Å². The number of aliphatic hydroxyl groups excluding tert-OH is 1. The Kier molecular flexibility index (Phi) is 2.81. The van der Waals surface area contributed by atoms with Crippen LogP contribution in [0.15, 0.2) is 18.2 Å². The van der Waals surface area contributed by atoms with Crippen molar-refractivity contribution in [2.75, 3.05) is 0 Å². The topological polar surface area (TPSA) is 76.0 Å². The molecule has 92 valence electrons. The third kappa shape index (κ3) is 2.40. The molecule has 5 heteroatoms. The number of hydrogen-bond acceptors (Lipinski definition) is 4. The van der Waals surface area contributed by atoms with Gasteiger partial charge in [-0.3, -0.25) is 0 Å². The van der Waals surface area contributed by atoms with Crippen molar-refractivity contribution in [1.82, 2.24) is 0 Å². The summed E-state index contributed by atoms with van der Waals surface area (Å²) in [5, 5.41) is 18.1. The highest BCUT2D eigenvalue weighted by Crippen LogP contribution is 2.32. The molecule has 0 fully saturated rings. The molecule has 1 heterocycles. The van der Waals surface area contributed by atoms with E-state index < -0.39 is 17.9 Å². The molecule has 1 atom stereocenters. The molecule has 0 aliphatic carbocycles. The van der Waals surface area contributed by atoms with Gasteiger partial charge in [0.05, 0.1) is 6.61 Å². The summed E-state index contributed by atoms with van der Waals surface area (Å²) in [7, 11) is 0. The smallest absolute Gasteiger partial charge is 0.337 e. The third-order valence-corrected chi connectivity index (χ3v) is 2.57. The Balaban J connectivity index is 2.30. The maximum Gasteiger partial charge on any atom is 0.337 e. The lowest BCUT2D eigenvalue weighted by Crippen LogP contribution is -2.35. The molecule has 1 aromatic carbocycles. The number of aliphatic hydroxyl groups is 1. The number of carboxylic acid groups (broad SMARTS) is 1. The Labute approximate surface area is 98.6 Å². The number of carboxylic acids is 1. The largest absolute Gasteiger partial charge is 0.479 e. The van der Waals surface area contributed by atoms with Gasteiger partial charge in [-0.15, -0.1) is 0 Å². The first-order chi connectivity index (χ1) is 7.89. The van der Waals surface area contributed by atoms with Crippen molar-refractivity contribution in [3.8, 4) is 5.75 Å². The van der Waals surface area contributed by atoms with Crippen LogP contribution in [0.25, 0.3) is 0 Å². The van der Waals surface area contributed by atoms with Crippen LogP contribution >= 0.6 is 0 Å². The monoisotopic (exact) mass is 238 g/mol. The first kappa shape index (κ1) is 11.9. The van der Waals surface area contributed by atoms with Crippen LogP contribution in [0.4, 0.5) is 0 Å². The Bertz CT molecular complexity index is 452. The zero-order valence-corrected chi connectivity index (χ0v) is 9.64. The molecule has 1 aliphatic rings. The van der Waals surface area contributed by atoms with Crippen LogP contribution in [-0.4, -0.2) is 22.0 Å². The van der Waals surface area contributed by atoms with Gasteiger partial charge in [0.15, 0.2) is 6.10 Å². The van der Waals surface area contributed by atoms with E-state index in [2.05, 4.69) is 0 Å². The van der Waals surface area contributed by atoms with Crippen molar-refractivity contribution in [1.29, 1.82) is 0 Å². The molecule has 1 aromatic rings. The van der Waals surface area contributed by atoms with Crippen LogP contribution in [0.5, 0.6) is 5.75 Å². The first-order valence-corrected chi connectivity index (χ1v) is 5.26. The van der Waals surface area contributed by atoms with E-state index in [0.29, 0.717) is 17.9 Å². The van der Waals surface area contributed by atoms with Crippen LogP contribution in [0, 0.1) is 0 Å². The number of rotatable bonds is 2. The van der Waals surface area contributed by atoms with Gasteiger partial charge >= 0.3 is 5.97 Å². The summed E-state index contributed by atoms with van der Waals surface area (Å²) in [6, 6.07) is 4.78. The molecule has 0 amide bonds. The summed E-state index contributed by atoms with van der Waals surface area (Å²) in [4.78, 5) is 10.7. The lowest BCUT2D eigenvalue weighted by atomic mass is 10.0. The lowest BCUT2D eigenvalue weighted by molar-refractivity contribution is -0.180. The molecule has 0 bridgehead atoms. The van der Waals surface area contributed by atoms with Crippen LogP contribution < -0.4 is 4.74 Å². The molecule has 0 aromatic heterocycles. The SMILES string of the molecule is CC1(C)OCc2cc(C(O)C(=O)O)ccc2O1. The van der Waals surface area contributed by atoms with Crippen LogP contribution in [0.3, 0.4) is 0 Å². The highest BCUT2D eigenvalue weighted by molar-refractivity contribution is 5.74. The number of fused-ring (bicyclic) bond motifs is 1. The van der Waals surface area contributed by atoms with Crippen molar-refractivity contribution >= 4 is 5.97 Å². The summed E-state index contributed by atoms with van der Waals surface area (Å²) >= 11 is 0. The molecule has 0 radical (unpaired) electrons. The molecule has 0 saturated carbocycles. The summed E-state index contributed by atoms with van der Waals surface area (Å²) in [6.45, 7) is 3.94. The fraction of sp³-hybridized carbons (Fsp3) is 0.417. The summed E-state index contributed by atoms with van der Waals surface area (Å²) in [6.07, 6.45) is -1.52. The van der Waals surface area contributed by atoms with Gasteiger partial charge in [0, 0.05) is 19.4 Å². The highest BCUT2D eigenvalue weighted by atomic mass is 16.7. The minimum absolute atomic E-state index is 0.322. The van der Waals surface area contributed by atoms with Gasteiger partial charge in [-0.1, -0.05) is 6.07 Å². The predicted octanol–water partition coefficient (Wildman–Crippen LogP) is 1.45. The molecule has 5 nitrogen and oxygen atoms in total. The van der Waals surface area contributed by atoms with Crippen molar-refractivity contribution in [2.24, 2.45) is 0 Å². The van der Waals surface area contributed by atoms with E-state index >= 15 is 0 Å². The van der Waals surface area contributed by atoms with Gasteiger partial charge in [-0.2, -0.15) is 0 Å². The molecule has 1 aliphatic heterocycles. The maximum atomic E-state index is 10.7. The van der Waals surface area contributed by atoms with Crippen LogP contribution in [0.1, 0.15) is 31.1 Å². The summed E-state index contributed by atoms with van der Waals surface area (Å²) in [5.74, 6) is -1.30. The molecule has 17 heavy (non-hydrogen) atoms. The van der Waals surface area contributed by atoms with E-state index in [4.69, 9.17) is 14.6 Å². The van der Waals surface area contributed by atoms with Crippen molar-refractivity contribution in [3.05, 3.63) is 29.3 Å². The van der Waals surface area contributed by atoms with Crippen molar-refractivity contribution < 1.29 is 24.5 Å². The molecule has 0 spiro atoms. The number of benzene rings is 1. The van der Waals surface area contributed by atoms with Gasteiger partial charge in [-0.05, 0) is 17.7 Å². The Hall–Kier alpha value is -1.59. The molecule has 0 saturated heterocycles. The zero-order chi connectivity index (χ0) is 12.6. The molecule has 2 N–H and O–H groups in total. The highest BCUT2D eigenvalue weighted by Gasteiger charge is 2.28. The summed E-state index contributed by atoms with van der Waals surface area (Å²) in [5.41, 5.74) is 1.06. The van der Waals surface area contributed by atoms with Crippen molar-refractivity contribution in [2.45, 2.75) is 32.3 Å². The van der Waals surface area contributed by atoms with Gasteiger partial charge < -0.3 is 19.7 Å². The third-order valence-electron chi connectivity index (χ3n) is 2.57. The number of ether oxygens (including phenoxy) is 2. The van der Waals surface area contributed by atoms with E-state index in [0.717, 1.165) is 5.56 Å². The predicted molar refractivity (Wildman–Crippen MR) is 58.5 cm³/mol. The zero-order valence-electron chi connectivity index (χ0n) is 9.64. The second-order valence-electron chi connectivity index (χ2n) is 4.40. The quantitative estimate of drug-likeness (QED) is 0.815. The van der Waals surface area contributed by atoms with E-state index in [1.165, 1.54) is 0 Å². The fourth-order valence-corrected chi connectivity index (χ4v) is 1.67. The Morgan fingerprint density at radius 2 is 2.18 bits per heavy atom. The Morgan fingerprint density at radius 1 is 1.47 bits per heavy atom. The average molecular weight is 238 g/mol. The molecular formula is C12H14O5. The molecule has 2 rings (SSSR count).